The van der Waals surface area contributed by atoms with Gasteiger partial charge in [-0.25, -0.2) is 4.39 Å². The molecule has 0 heterocycles. The fraction of sp³-hybridized carbons (Fsp3) is 0.143. The molecule has 0 nitrogen and oxygen atoms in total. The zero-order valence-electron chi connectivity index (χ0n) is 9.04. The van der Waals surface area contributed by atoms with E-state index in [1.165, 1.54) is 12.1 Å². The largest absolute Gasteiger partial charge is 0.207 e. The Morgan fingerprint density at radius 1 is 1.12 bits per heavy atom. The lowest BCUT2D eigenvalue weighted by Gasteiger charge is -2.10. The minimum absolute atomic E-state index is 0.134. The van der Waals surface area contributed by atoms with Crippen LogP contribution in [-0.4, -0.2) is 0 Å². The summed E-state index contributed by atoms with van der Waals surface area (Å²) in [5.41, 5.74) is 2.09. The highest BCUT2D eigenvalue weighted by molar-refractivity contribution is 9.10. The highest BCUT2D eigenvalue weighted by Gasteiger charge is 2.09. The molecule has 1 atom stereocenters. The Morgan fingerprint density at radius 3 is 2.47 bits per heavy atom. The van der Waals surface area contributed by atoms with Crippen LogP contribution in [0.4, 0.5) is 4.39 Å². The van der Waals surface area contributed by atoms with Crippen LogP contribution in [0.2, 0.25) is 0 Å². The second-order valence-corrected chi connectivity index (χ2v) is 5.30. The summed E-state index contributed by atoms with van der Waals surface area (Å²) in [5.74, 6) is -0.236. The molecule has 0 aliphatic heterocycles. The maximum absolute atomic E-state index is 12.8. The van der Waals surface area contributed by atoms with Gasteiger partial charge in [0.15, 0.2) is 0 Å². The summed E-state index contributed by atoms with van der Waals surface area (Å²) in [6, 6.07) is 14.4. The van der Waals surface area contributed by atoms with Crippen molar-refractivity contribution in [3.63, 3.8) is 0 Å². The third-order valence-electron chi connectivity index (χ3n) is 2.54. The first-order chi connectivity index (χ1) is 8.15. The van der Waals surface area contributed by atoms with E-state index in [0.717, 1.165) is 22.0 Å². The van der Waals surface area contributed by atoms with E-state index in [4.69, 9.17) is 11.6 Å². The van der Waals surface area contributed by atoms with E-state index in [2.05, 4.69) is 15.9 Å². The van der Waals surface area contributed by atoms with Gasteiger partial charge in [-0.1, -0.05) is 40.2 Å². The SMILES string of the molecule is Fc1ccc(C(Cl)Cc2cccc(Br)c2)cc1. The van der Waals surface area contributed by atoms with Crippen molar-refractivity contribution in [2.24, 2.45) is 0 Å². The van der Waals surface area contributed by atoms with Crippen molar-refractivity contribution in [3.05, 3.63) is 69.9 Å². The molecule has 0 radical (unpaired) electrons. The number of benzene rings is 2. The minimum atomic E-state index is -0.236. The average Bonchev–Trinajstić information content (AvgIpc) is 2.29. The van der Waals surface area contributed by atoms with Crippen LogP contribution in [-0.2, 0) is 6.42 Å². The molecule has 0 aliphatic carbocycles. The predicted molar refractivity (Wildman–Crippen MR) is 72.8 cm³/mol. The predicted octanol–water partition coefficient (Wildman–Crippen LogP) is 5.11. The topological polar surface area (TPSA) is 0 Å². The van der Waals surface area contributed by atoms with Gasteiger partial charge in [0, 0.05) is 4.47 Å². The monoisotopic (exact) mass is 312 g/mol. The number of halogens is 3. The first kappa shape index (κ1) is 12.6. The average molecular weight is 314 g/mol. The van der Waals surface area contributed by atoms with Crippen LogP contribution in [0.1, 0.15) is 16.5 Å². The maximum atomic E-state index is 12.8. The summed E-state index contributed by atoms with van der Waals surface area (Å²) in [4.78, 5) is 0. The molecule has 0 saturated carbocycles. The van der Waals surface area contributed by atoms with Gasteiger partial charge < -0.3 is 0 Å². The molecule has 0 amide bonds. The molecule has 0 fully saturated rings. The smallest absolute Gasteiger partial charge is 0.123 e. The maximum Gasteiger partial charge on any atom is 0.123 e. The molecule has 0 N–H and O–H groups in total. The molecule has 0 spiro atoms. The van der Waals surface area contributed by atoms with Crippen LogP contribution >= 0.6 is 27.5 Å². The summed E-state index contributed by atoms with van der Waals surface area (Å²) in [6.07, 6.45) is 0.729. The second kappa shape index (κ2) is 5.65. The molecule has 2 rings (SSSR count). The van der Waals surface area contributed by atoms with Crippen LogP contribution in [0.3, 0.4) is 0 Å². The van der Waals surface area contributed by atoms with Crippen molar-refractivity contribution in [1.82, 2.24) is 0 Å². The molecule has 0 aromatic heterocycles. The molecule has 1 unspecified atom stereocenters. The lowest BCUT2D eigenvalue weighted by molar-refractivity contribution is 0.626. The summed E-state index contributed by atoms with van der Waals surface area (Å²) < 4.78 is 13.8. The van der Waals surface area contributed by atoms with Crippen LogP contribution in [0.15, 0.2) is 53.0 Å². The van der Waals surface area contributed by atoms with Crippen molar-refractivity contribution < 1.29 is 4.39 Å². The van der Waals surface area contributed by atoms with E-state index < -0.39 is 0 Å². The lowest BCUT2D eigenvalue weighted by Crippen LogP contribution is -1.96. The number of hydrogen-bond acceptors (Lipinski definition) is 0. The Balaban J connectivity index is 2.11. The molecule has 88 valence electrons. The van der Waals surface area contributed by atoms with E-state index in [9.17, 15) is 4.39 Å². The fourth-order valence-corrected chi connectivity index (χ4v) is 2.43. The van der Waals surface area contributed by atoms with Crippen molar-refractivity contribution in [3.8, 4) is 0 Å². The second-order valence-electron chi connectivity index (χ2n) is 3.85. The van der Waals surface area contributed by atoms with E-state index in [-0.39, 0.29) is 11.2 Å². The number of alkyl halides is 1. The Bertz CT molecular complexity index is 496. The molecule has 0 aliphatic rings. The molecule has 17 heavy (non-hydrogen) atoms. The van der Waals surface area contributed by atoms with E-state index in [1.807, 2.05) is 24.3 Å². The first-order valence-electron chi connectivity index (χ1n) is 5.29. The standard InChI is InChI=1S/C14H11BrClF/c15-12-3-1-2-10(8-12)9-14(16)11-4-6-13(17)7-5-11/h1-8,14H,9H2. The Hall–Kier alpha value is -0.860. The first-order valence-corrected chi connectivity index (χ1v) is 6.52. The Labute approximate surface area is 114 Å². The third-order valence-corrected chi connectivity index (χ3v) is 3.44. The van der Waals surface area contributed by atoms with Crippen LogP contribution in [0.25, 0.3) is 0 Å². The van der Waals surface area contributed by atoms with Gasteiger partial charge in [0.1, 0.15) is 5.82 Å². The third kappa shape index (κ3) is 3.55. The van der Waals surface area contributed by atoms with Gasteiger partial charge in [0.2, 0.25) is 0 Å². The van der Waals surface area contributed by atoms with Crippen LogP contribution in [0.5, 0.6) is 0 Å². The molecule has 2 aromatic carbocycles. The number of hydrogen-bond donors (Lipinski definition) is 0. The molecule has 2 aromatic rings. The Kier molecular flexibility index (Phi) is 4.19. The zero-order valence-corrected chi connectivity index (χ0v) is 11.4. The van der Waals surface area contributed by atoms with Crippen molar-refractivity contribution in [2.45, 2.75) is 11.8 Å². The van der Waals surface area contributed by atoms with Crippen LogP contribution in [0, 0.1) is 5.82 Å². The van der Waals surface area contributed by atoms with Gasteiger partial charge in [-0.05, 0) is 41.8 Å². The van der Waals surface area contributed by atoms with Gasteiger partial charge in [0.25, 0.3) is 0 Å². The zero-order chi connectivity index (χ0) is 12.3. The molecule has 0 saturated heterocycles. The summed E-state index contributed by atoms with van der Waals surface area (Å²) in [5, 5.41) is -0.134. The minimum Gasteiger partial charge on any atom is -0.207 e. The van der Waals surface area contributed by atoms with Crippen LogP contribution < -0.4 is 0 Å². The van der Waals surface area contributed by atoms with E-state index >= 15 is 0 Å². The normalized spacial score (nSPS) is 12.4. The van der Waals surface area contributed by atoms with Gasteiger partial charge in [0.05, 0.1) is 5.38 Å². The van der Waals surface area contributed by atoms with Gasteiger partial charge >= 0.3 is 0 Å². The van der Waals surface area contributed by atoms with Crippen molar-refractivity contribution in [2.75, 3.05) is 0 Å². The highest BCUT2D eigenvalue weighted by atomic mass is 79.9. The van der Waals surface area contributed by atoms with Gasteiger partial charge in [-0.15, -0.1) is 11.6 Å². The van der Waals surface area contributed by atoms with Crippen molar-refractivity contribution >= 4 is 27.5 Å². The van der Waals surface area contributed by atoms with E-state index in [0.29, 0.717) is 0 Å². The van der Waals surface area contributed by atoms with Gasteiger partial charge in [-0.3, -0.25) is 0 Å². The van der Waals surface area contributed by atoms with E-state index in [1.54, 1.807) is 12.1 Å². The Morgan fingerprint density at radius 2 is 1.82 bits per heavy atom. The number of rotatable bonds is 3. The van der Waals surface area contributed by atoms with Gasteiger partial charge in [-0.2, -0.15) is 0 Å². The summed E-state index contributed by atoms with van der Waals surface area (Å²) >= 11 is 9.73. The summed E-state index contributed by atoms with van der Waals surface area (Å²) in [7, 11) is 0. The van der Waals surface area contributed by atoms with Crippen molar-refractivity contribution in [1.29, 1.82) is 0 Å². The molecule has 3 heteroatoms. The quantitative estimate of drug-likeness (QED) is 0.691. The lowest BCUT2D eigenvalue weighted by atomic mass is 10.0. The summed E-state index contributed by atoms with van der Waals surface area (Å²) in [6.45, 7) is 0. The highest BCUT2D eigenvalue weighted by Crippen LogP contribution is 2.26. The molecule has 0 bridgehead atoms. The molecular formula is C14H11BrClF. The molecular weight excluding hydrogens is 303 g/mol. The fourth-order valence-electron chi connectivity index (χ4n) is 1.66.